The van der Waals surface area contributed by atoms with Crippen molar-refractivity contribution in [2.24, 2.45) is 0 Å². The predicted molar refractivity (Wildman–Crippen MR) is 130 cm³/mol. The van der Waals surface area contributed by atoms with Gasteiger partial charge in [-0.1, -0.05) is 24.8 Å². The maximum atomic E-state index is 13.1. The van der Waals surface area contributed by atoms with Gasteiger partial charge in [-0.25, -0.2) is 9.18 Å². The Kier molecular flexibility index (Phi) is 8.16. The molecule has 170 valence electrons. The summed E-state index contributed by atoms with van der Waals surface area (Å²) in [6.07, 6.45) is 3.43. The van der Waals surface area contributed by atoms with E-state index >= 15 is 0 Å². The standard InChI is InChI=1S/C26H24FNO4S/c1-4-22-18(16-33-24(22)23(5-2)26(30)31-6-3)15-32-21-9-7-8-20(14-21)28-25(29)17-10-12-19(27)13-11-17/h4-5,7-14,16H,1,6,15H2,2-3H3,(H,28,29)/b23-5+. The Labute approximate surface area is 196 Å². The number of hydrogen-bond acceptors (Lipinski definition) is 5. The molecule has 0 bridgehead atoms. The Morgan fingerprint density at radius 3 is 2.61 bits per heavy atom. The van der Waals surface area contributed by atoms with Gasteiger partial charge >= 0.3 is 5.97 Å². The van der Waals surface area contributed by atoms with Crippen molar-refractivity contribution in [3.8, 4) is 5.75 Å². The van der Waals surface area contributed by atoms with E-state index < -0.39 is 5.82 Å². The minimum Gasteiger partial charge on any atom is -0.489 e. The zero-order valence-electron chi connectivity index (χ0n) is 18.4. The van der Waals surface area contributed by atoms with Gasteiger partial charge in [0.15, 0.2) is 0 Å². The molecule has 0 aliphatic carbocycles. The Morgan fingerprint density at radius 1 is 1.18 bits per heavy atom. The molecule has 2 aromatic carbocycles. The molecule has 1 aromatic heterocycles. The lowest BCUT2D eigenvalue weighted by Crippen LogP contribution is -2.11. The van der Waals surface area contributed by atoms with Crippen LogP contribution in [0.3, 0.4) is 0 Å². The molecule has 0 fully saturated rings. The van der Waals surface area contributed by atoms with Crippen LogP contribution < -0.4 is 10.1 Å². The summed E-state index contributed by atoms with van der Waals surface area (Å²) in [6.45, 7) is 8.00. The van der Waals surface area contributed by atoms with Gasteiger partial charge in [0, 0.05) is 27.8 Å². The number of amides is 1. The first kappa shape index (κ1) is 23.9. The van der Waals surface area contributed by atoms with E-state index in [4.69, 9.17) is 9.47 Å². The topological polar surface area (TPSA) is 64.6 Å². The number of hydrogen-bond donors (Lipinski definition) is 1. The summed E-state index contributed by atoms with van der Waals surface area (Å²) in [5, 5.41) is 4.70. The molecular weight excluding hydrogens is 441 g/mol. The van der Waals surface area contributed by atoms with Crippen molar-refractivity contribution in [1.29, 1.82) is 0 Å². The zero-order chi connectivity index (χ0) is 23.8. The number of carbonyl (C=O) groups excluding carboxylic acids is 2. The second-order valence-corrected chi connectivity index (χ2v) is 7.79. The van der Waals surface area contributed by atoms with Crippen LogP contribution in [0.4, 0.5) is 10.1 Å². The van der Waals surface area contributed by atoms with Gasteiger partial charge in [-0.3, -0.25) is 4.79 Å². The van der Waals surface area contributed by atoms with Gasteiger partial charge in [0.05, 0.1) is 12.2 Å². The number of anilines is 1. The van der Waals surface area contributed by atoms with Crippen molar-refractivity contribution < 1.29 is 23.5 Å². The number of esters is 1. The van der Waals surface area contributed by atoms with Crippen LogP contribution in [-0.2, 0) is 16.1 Å². The molecule has 3 rings (SSSR count). The Bertz CT molecular complexity index is 1180. The molecule has 1 heterocycles. The van der Waals surface area contributed by atoms with E-state index in [1.807, 2.05) is 5.38 Å². The highest BCUT2D eigenvalue weighted by Crippen LogP contribution is 2.32. The molecule has 1 amide bonds. The number of allylic oxidation sites excluding steroid dienone is 1. The van der Waals surface area contributed by atoms with E-state index in [1.54, 1.807) is 50.3 Å². The minimum atomic E-state index is -0.402. The fourth-order valence-electron chi connectivity index (χ4n) is 3.13. The van der Waals surface area contributed by atoms with Crippen molar-refractivity contribution in [3.05, 3.63) is 94.0 Å². The van der Waals surface area contributed by atoms with Crippen LogP contribution in [0.1, 0.15) is 40.2 Å². The highest BCUT2D eigenvalue weighted by Gasteiger charge is 2.19. The largest absolute Gasteiger partial charge is 0.489 e. The van der Waals surface area contributed by atoms with Crippen molar-refractivity contribution in [3.63, 3.8) is 0 Å². The lowest BCUT2D eigenvalue weighted by Gasteiger charge is -2.10. The molecule has 0 aliphatic heterocycles. The number of nitrogens with one attached hydrogen (secondary N) is 1. The molecule has 0 radical (unpaired) electrons. The number of ether oxygens (including phenoxy) is 2. The number of benzene rings is 2. The number of rotatable bonds is 9. The molecule has 0 saturated carbocycles. The molecule has 0 spiro atoms. The third-order valence-electron chi connectivity index (χ3n) is 4.74. The maximum Gasteiger partial charge on any atom is 0.339 e. The third-order valence-corrected chi connectivity index (χ3v) is 5.81. The second kappa shape index (κ2) is 11.2. The van der Waals surface area contributed by atoms with Crippen LogP contribution in [0.2, 0.25) is 0 Å². The van der Waals surface area contributed by atoms with Gasteiger partial charge in [-0.2, -0.15) is 0 Å². The van der Waals surface area contributed by atoms with Crippen molar-refractivity contribution in [2.75, 3.05) is 11.9 Å². The van der Waals surface area contributed by atoms with E-state index in [0.29, 0.717) is 29.2 Å². The fraction of sp³-hybridized carbons (Fsp3) is 0.154. The highest BCUT2D eigenvalue weighted by atomic mass is 32.1. The zero-order valence-corrected chi connectivity index (χ0v) is 19.2. The Balaban J connectivity index is 1.71. The number of halogens is 1. The van der Waals surface area contributed by atoms with E-state index in [0.717, 1.165) is 16.0 Å². The monoisotopic (exact) mass is 465 g/mol. The molecule has 7 heteroatoms. The molecule has 33 heavy (non-hydrogen) atoms. The summed E-state index contributed by atoms with van der Waals surface area (Å²) in [5.74, 6) is -0.559. The van der Waals surface area contributed by atoms with Crippen molar-refractivity contribution in [2.45, 2.75) is 20.5 Å². The van der Waals surface area contributed by atoms with E-state index in [1.165, 1.54) is 35.6 Å². The van der Waals surface area contributed by atoms with Crippen LogP contribution in [-0.4, -0.2) is 18.5 Å². The van der Waals surface area contributed by atoms with Crippen LogP contribution in [0.5, 0.6) is 5.75 Å². The average molecular weight is 466 g/mol. The molecule has 0 unspecified atom stereocenters. The fourth-order valence-corrected chi connectivity index (χ4v) is 4.25. The van der Waals surface area contributed by atoms with Crippen LogP contribution in [0, 0.1) is 5.82 Å². The molecule has 0 aliphatic rings. The summed E-state index contributed by atoms with van der Waals surface area (Å²) >= 11 is 1.43. The quantitative estimate of drug-likeness (QED) is 0.296. The van der Waals surface area contributed by atoms with Crippen LogP contribution in [0.15, 0.2) is 66.6 Å². The normalized spacial score (nSPS) is 11.1. The van der Waals surface area contributed by atoms with Gasteiger partial charge in [0.25, 0.3) is 5.91 Å². The first-order chi connectivity index (χ1) is 16.0. The predicted octanol–water partition coefficient (Wildman–Crippen LogP) is 6.33. The third kappa shape index (κ3) is 5.96. The second-order valence-electron chi connectivity index (χ2n) is 6.91. The van der Waals surface area contributed by atoms with Gasteiger partial charge in [0.1, 0.15) is 18.2 Å². The van der Waals surface area contributed by atoms with Crippen molar-refractivity contribution in [1.82, 2.24) is 0 Å². The van der Waals surface area contributed by atoms with E-state index in [-0.39, 0.29) is 18.5 Å². The lowest BCUT2D eigenvalue weighted by atomic mass is 10.1. The van der Waals surface area contributed by atoms with E-state index in [9.17, 15) is 14.0 Å². The molecule has 0 atom stereocenters. The first-order valence-corrected chi connectivity index (χ1v) is 11.2. The van der Waals surface area contributed by atoms with E-state index in [2.05, 4.69) is 11.9 Å². The molecule has 0 saturated heterocycles. The summed E-state index contributed by atoms with van der Waals surface area (Å²) in [6, 6.07) is 12.3. The molecule has 5 nitrogen and oxygen atoms in total. The molecular formula is C26H24FNO4S. The Hall–Kier alpha value is -3.71. The van der Waals surface area contributed by atoms with Crippen molar-refractivity contribution >= 4 is 40.5 Å². The smallest absolute Gasteiger partial charge is 0.339 e. The van der Waals surface area contributed by atoms with Gasteiger partial charge in [0.2, 0.25) is 0 Å². The van der Waals surface area contributed by atoms with Gasteiger partial charge in [-0.15, -0.1) is 11.3 Å². The lowest BCUT2D eigenvalue weighted by molar-refractivity contribution is -0.136. The van der Waals surface area contributed by atoms with Crippen LogP contribution >= 0.6 is 11.3 Å². The summed E-state index contributed by atoms with van der Waals surface area (Å²) in [5.41, 5.74) is 3.10. The maximum absolute atomic E-state index is 13.1. The number of carbonyl (C=O) groups is 2. The first-order valence-electron chi connectivity index (χ1n) is 10.3. The van der Waals surface area contributed by atoms with Gasteiger partial charge in [-0.05, 0) is 61.2 Å². The SMILES string of the molecule is C=Cc1c(COc2cccc(NC(=O)c3ccc(F)cc3)c2)csc1/C(=C\C)C(=O)OCC. The average Bonchev–Trinajstić information content (AvgIpc) is 3.21. The molecule has 3 aromatic rings. The minimum absolute atomic E-state index is 0.257. The summed E-state index contributed by atoms with van der Waals surface area (Å²) in [7, 11) is 0. The van der Waals surface area contributed by atoms with Crippen LogP contribution in [0.25, 0.3) is 11.6 Å². The number of thiophene rings is 1. The Morgan fingerprint density at radius 2 is 1.94 bits per heavy atom. The summed E-state index contributed by atoms with van der Waals surface area (Å²) in [4.78, 5) is 25.4. The van der Waals surface area contributed by atoms with Gasteiger partial charge < -0.3 is 14.8 Å². The summed E-state index contributed by atoms with van der Waals surface area (Å²) < 4.78 is 24.2. The molecule has 1 N–H and O–H groups in total. The highest BCUT2D eigenvalue weighted by molar-refractivity contribution is 7.12.